The van der Waals surface area contributed by atoms with E-state index in [2.05, 4.69) is 4.85 Å². The van der Waals surface area contributed by atoms with E-state index >= 15 is 0 Å². The van der Waals surface area contributed by atoms with Crippen molar-refractivity contribution in [3.8, 4) is 11.1 Å². The van der Waals surface area contributed by atoms with Gasteiger partial charge in [0.05, 0.1) is 19.2 Å². The Bertz CT molecular complexity index is 687. The van der Waals surface area contributed by atoms with E-state index in [0.717, 1.165) is 16.7 Å². The molecule has 0 unspecified atom stereocenters. The maximum atomic E-state index is 11.7. The topological polar surface area (TPSA) is 56.7 Å². The van der Waals surface area contributed by atoms with Crippen LogP contribution in [0.15, 0.2) is 42.5 Å². The zero-order chi connectivity index (χ0) is 14.5. The van der Waals surface area contributed by atoms with E-state index in [0.29, 0.717) is 17.8 Å². The standard InChI is InChI=1S/C16H14N2O2/c1-18-15-5-3-4-12(9-15)13-6-11(10-17)7-14(8-13)16(19)20-2/h3-9H,10,17H2,2H3. The summed E-state index contributed by atoms with van der Waals surface area (Å²) in [7, 11) is 1.34. The molecule has 0 saturated carbocycles. The first-order valence-electron chi connectivity index (χ1n) is 6.08. The lowest BCUT2D eigenvalue weighted by molar-refractivity contribution is 0.0600. The van der Waals surface area contributed by atoms with Crippen LogP contribution in [0.3, 0.4) is 0 Å². The molecule has 0 bridgehead atoms. The second-order valence-electron chi connectivity index (χ2n) is 4.28. The van der Waals surface area contributed by atoms with Crippen molar-refractivity contribution in [3.63, 3.8) is 0 Å². The van der Waals surface area contributed by atoms with Gasteiger partial charge in [-0.05, 0) is 41.0 Å². The maximum absolute atomic E-state index is 11.7. The molecular weight excluding hydrogens is 252 g/mol. The Morgan fingerprint density at radius 1 is 1.25 bits per heavy atom. The van der Waals surface area contributed by atoms with Crippen molar-refractivity contribution < 1.29 is 9.53 Å². The summed E-state index contributed by atoms with van der Waals surface area (Å²) in [6, 6.07) is 12.6. The number of nitrogens with two attached hydrogens (primary N) is 1. The fourth-order valence-corrected chi connectivity index (χ4v) is 1.97. The van der Waals surface area contributed by atoms with E-state index in [9.17, 15) is 4.79 Å². The Morgan fingerprint density at radius 2 is 2.05 bits per heavy atom. The minimum Gasteiger partial charge on any atom is -0.465 e. The maximum Gasteiger partial charge on any atom is 0.337 e. The molecule has 4 heteroatoms. The molecule has 100 valence electrons. The zero-order valence-corrected chi connectivity index (χ0v) is 11.1. The molecule has 0 radical (unpaired) electrons. The third-order valence-corrected chi connectivity index (χ3v) is 2.96. The van der Waals surface area contributed by atoms with Gasteiger partial charge in [0.25, 0.3) is 0 Å². The van der Waals surface area contributed by atoms with Gasteiger partial charge in [-0.3, -0.25) is 0 Å². The molecule has 20 heavy (non-hydrogen) atoms. The van der Waals surface area contributed by atoms with E-state index < -0.39 is 5.97 Å². The Hall–Kier alpha value is -2.64. The highest BCUT2D eigenvalue weighted by Gasteiger charge is 2.09. The minimum absolute atomic E-state index is 0.334. The third-order valence-electron chi connectivity index (χ3n) is 2.96. The predicted octanol–water partition coefficient (Wildman–Crippen LogP) is 3.15. The molecule has 4 nitrogen and oxygen atoms in total. The van der Waals surface area contributed by atoms with Crippen molar-refractivity contribution in [2.45, 2.75) is 6.54 Å². The molecule has 0 heterocycles. The number of nitrogens with zero attached hydrogens (tertiary/aromatic N) is 1. The van der Waals surface area contributed by atoms with E-state index in [1.807, 2.05) is 18.2 Å². The highest BCUT2D eigenvalue weighted by Crippen LogP contribution is 2.26. The SMILES string of the molecule is [C-]#[N+]c1cccc(-c2cc(CN)cc(C(=O)OC)c2)c1. The van der Waals surface area contributed by atoms with Crippen molar-refractivity contribution in [1.29, 1.82) is 0 Å². The number of rotatable bonds is 3. The number of benzene rings is 2. The molecule has 0 aliphatic rings. The molecule has 0 aromatic heterocycles. The number of carbonyl (C=O) groups is 1. The van der Waals surface area contributed by atoms with Gasteiger partial charge in [-0.15, -0.1) is 0 Å². The van der Waals surface area contributed by atoms with E-state index in [1.165, 1.54) is 7.11 Å². The Morgan fingerprint density at radius 3 is 2.70 bits per heavy atom. The molecular formula is C16H14N2O2. The number of methoxy groups -OCH3 is 1. The Kier molecular flexibility index (Phi) is 4.14. The van der Waals surface area contributed by atoms with Crippen LogP contribution in [0.5, 0.6) is 0 Å². The lowest BCUT2D eigenvalue weighted by Gasteiger charge is -2.08. The largest absolute Gasteiger partial charge is 0.465 e. The molecule has 0 atom stereocenters. The second kappa shape index (κ2) is 6.00. The average Bonchev–Trinajstić information content (AvgIpc) is 2.53. The second-order valence-corrected chi connectivity index (χ2v) is 4.28. The summed E-state index contributed by atoms with van der Waals surface area (Å²) in [5.41, 5.74) is 9.24. The fraction of sp³-hybridized carbons (Fsp3) is 0.125. The monoisotopic (exact) mass is 266 g/mol. The molecule has 0 amide bonds. The molecule has 0 aliphatic carbocycles. The van der Waals surface area contributed by atoms with E-state index in [4.69, 9.17) is 17.0 Å². The normalized spacial score (nSPS) is 9.85. The molecule has 2 aromatic rings. The van der Waals surface area contributed by atoms with Crippen molar-refractivity contribution in [2.75, 3.05) is 7.11 Å². The van der Waals surface area contributed by atoms with Crippen LogP contribution in [0.25, 0.3) is 16.0 Å². The molecule has 0 fully saturated rings. The highest BCUT2D eigenvalue weighted by atomic mass is 16.5. The van der Waals surface area contributed by atoms with Gasteiger partial charge in [-0.1, -0.05) is 18.2 Å². The van der Waals surface area contributed by atoms with Gasteiger partial charge < -0.3 is 10.5 Å². The van der Waals surface area contributed by atoms with Crippen LogP contribution in [0.2, 0.25) is 0 Å². The fourth-order valence-electron chi connectivity index (χ4n) is 1.97. The van der Waals surface area contributed by atoms with E-state index in [-0.39, 0.29) is 0 Å². The van der Waals surface area contributed by atoms with Crippen molar-refractivity contribution in [1.82, 2.24) is 0 Å². The summed E-state index contributed by atoms with van der Waals surface area (Å²) in [6.45, 7) is 7.39. The average molecular weight is 266 g/mol. The van der Waals surface area contributed by atoms with E-state index in [1.54, 1.807) is 24.3 Å². The van der Waals surface area contributed by atoms with Gasteiger partial charge in [0, 0.05) is 6.54 Å². The summed E-state index contributed by atoms with van der Waals surface area (Å²) in [4.78, 5) is 15.1. The summed E-state index contributed by atoms with van der Waals surface area (Å²) < 4.78 is 4.74. The van der Waals surface area contributed by atoms with Gasteiger partial charge in [0.1, 0.15) is 0 Å². The first-order chi connectivity index (χ1) is 9.67. The first-order valence-corrected chi connectivity index (χ1v) is 6.08. The molecule has 2 aromatic carbocycles. The van der Waals surface area contributed by atoms with Crippen molar-refractivity contribution in [3.05, 3.63) is 65.0 Å². The molecule has 0 saturated heterocycles. The van der Waals surface area contributed by atoms with Gasteiger partial charge in [-0.2, -0.15) is 0 Å². The number of carbonyl (C=O) groups excluding carboxylic acids is 1. The van der Waals surface area contributed by atoms with Crippen LogP contribution in [0.1, 0.15) is 15.9 Å². The third kappa shape index (κ3) is 2.85. The predicted molar refractivity (Wildman–Crippen MR) is 77.4 cm³/mol. The van der Waals surface area contributed by atoms with Crippen LogP contribution >= 0.6 is 0 Å². The number of hydrogen-bond donors (Lipinski definition) is 1. The minimum atomic E-state index is -0.400. The van der Waals surface area contributed by atoms with Crippen molar-refractivity contribution in [2.24, 2.45) is 5.73 Å². The van der Waals surface area contributed by atoms with Gasteiger partial charge >= 0.3 is 5.97 Å². The Balaban J connectivity index is 2.55. The van der Waals surface area contributed by atoms with Crippen molar-refractivity contribution >= 4 is 11.7 Å². The molecule has 0 aliphatic heterocycles. The quantitative estimate of drug-likeness (QED) is 0.685. The molecule has 2 rings (SSSR count). The van der Waals surface area contributed by atoms with Crippen LogP contribution in [-0.2, 0) is 11.3 Å². The molecule has 0 spiro atoms. The number of ether oxygens (including phenoxy) is 1. The van der Waals surface area contributed by atoms with Gasteiger partial charge in [-0.25, -0.2) is 9.64 Å². The van der Waals surface area contributed by atoms with Crippen LogP contribution < -0.4 is 5.73 Å². The summed E-state index contributed by atoms with van der Waals surface area (Å²) >= 11 is 0. The zero-order valence-electron chi connectivity index (χ0n) is 11.1. The lowest BCUT2D eigenvalue weighted by atomic mass is 9.99. The lowest BCUT2D eigenvalue weighted by Crippen LogP contribution is -2.04. The smallest absolute Gasteiger partial charge is 0.337 e. The van der Waals surface area contributed by atoms with Crippen LogP contribution in [0, 0.1) is 6.57 Å². The number of esters is 1. The Labute approximate surface area is 117 Å². The summed E-state index contributed by atoms with van der Waals surface area (Å²) in [5, 5.41) is 0. The summed E-state index contributed by atoms with van der Waals surface area (Å²) in [6.07, 6.45) is 0. The number of hydrogen-bond acceptors (Lipinski definition) is 3. The van der Waals surface area contributed by atoms with Gasteiger partial charge in [0.15, 0.2) is 5.69 Å². The van der Waals surface area contributed by atoms with Gasteiger partial charge in [0.2, 0.25) is 0 Å². The highest BCUT2D eigenvalue weighted by molar-refractivity contribution is 5.91. The summed E-state index contributed by atoms with van der Waals surface area (Å²) in [5.74, 6) is -0.400. The molecule has 2 N–H and O–H groups in total. The van der Waals surface area contributed by atoms with Crippen LogP contribution in [-0.4, -0.2) is 13.1 Å². The first kappa shape index (κ1) is 13.8. The van der Waals surface area contributed by atoms with Crippen LogP contribution in [0.4, 0.5) is 5.69 Å².